The number of rotatable bonds is 2. The largest absolute Gasteiger partial charge is 0.256 e. The molecule has 22 heavy (non-hydrogen) atoms. The molecule has 1 aromatic heterocycles. The molecule has 4 rings (SSSR count). The molecule has 0 saturated carbocycles. The summed E-state index contributed by atoms with van der Waals surface area (Å²) in [4.78, 5) is 4.59. The standard InChI is InChI=1S/C21H19N/c1-2-6-16(7-3-1)17-10-12-18(13-11-17)20-14-19-8-4-5-9-21(19)22-15-20/h1-6,8-12,14-16,18H,7,13H2. The second kappa shape index (κ2) is 5.76. The number of aromatic nitrogens is 1. The minimum atomic E-state index is 0.448. The molecular formula is C21H19N. The Bertz CT molecular complexity index is 808. The highest BCUT2D eigenvalue weighted by Gasteiger charge is 2.16. The number of benzene rings is 1. The maximum atomic E-state index is 4.59. The fourth-order valence-electron chi connectivity index (χ4n) is 3.28. The van der Waals surface area contributed by atoms with Gasteiger partial charge in [0.15, 0.2) is 0 Å². The monoisotopic (exact) mass is 285 g/mol. The molecule has 2 aromatic rings. The van der Waals surface area contributed by atoms with E-state index in [0.717, 1.165) is 18.4 Å². The molecule has 1 heteroatoms. The Morgan fingerprint density at radius 1 is 0.955 bits per heavy atom. The molecular weight excluding hydrogens is 266 g/mol. The summed E-state index contributed by atoms with van der Waals surface area (Å²) in [6.07, 6.45) is 20.1. The van der Waals surface area contributed by atoms with Crippen LogP contribution in [0, 0.1) is 5.92 Å². The average molecular weight is 285 g/mol. The molecule has 2 unspecified atom stereocenters. The molecule has 0 aliphatic heterocycles. The van der Waals surface area contributed by atoms with Crippen LogP contribution in [0.2, 0.25) is 0 Å². The van der Waals surface area contributed by atoms with E-state index in [9.17, 15) is 0 Å². The summed E-state index contributed by atoms with van der Waals surface area (Å²) in [6, 6.07) is 10.6. The maximum absolute atomic E-state index is 4.59. The molecule has 0 fully saturated rings. The number of nitrogens with zero attached hydrogens (tertiary/aromatic N) is 1. The number of pyridine rings is 1. The smallest absolute Gasteiger partial charge is 0.0702 e. The van der Waals surface area contributed by atoms with Crippen LogP contribution in [-0.2, 0) is 0 Å². The summed E-state index contributed by atoms with van der Waals surface area (Å²) in [5.41, 5.74) is 3.83. The van der Waals surface area contributed by atoms with Gasteiger partial charge in [-0.05, 0) is 36.1 Å². The maximum Gasteiger partial charge on any atom is 0.0702 e. The molecule has 1 aromatic carbocycles. The minimum Gasteiger partial charge on any atom is -0.256 e. The van der Waals surface area contributed by atoms with Gasteiger partial charge in [0.1, 0.15) is 0 Å². The molecule has 1 heterocycles. The van der Waals surface area contributed by atoms with Crippen molar-refractivity contribution in [1.29, 1.82) is 0 Å². The van der Waals surface area contributed by atoms with E-state index in [1.54, 1.807) is 0 Å². The summed E-state index contributed by atoms with van der Waals surface area (Å²) in [6.45, 7) is 0. The summed E-state index contributed by atoms with van der Waals surface area (Å²) >= 11 is 0. The quantitative estimate of drug-likeness (QED) is 0.726. The third kappa shape index (κ3) is 2.55. The first-order valence-electron chi connectivity index (χ1n) is 7.96. The average Bonchev–Trinajstić information content (AvgIpc) is 2.62. The van der Waals surface area contributed by atoms with Crippen LogP contribution in [0.1, 0.15) is 24.3 Å². The van der Waals surface area contributed by atoms with E-state index < -0.39 is 0 Å². The first-order valence-corrected chi connectivity index (χ1v) is 7.96. The van der Waals surface area contributed by atoms with Gasteiger partial charge in [0, 0.05) is 23.4 Å². The predicted molar refractivity (Wildman–Crippen MR) is 92.7 cm³/mol. The molecule has 0 saturated heterocycles. The van der Waals surface area contributed by atoms with E-state index in [1.807, 2.05) is 12.3 Å². The van der Waals surface area contributed by atoms with Crippen molar-refractivity contribution < 1.29 is 0 Å². The van der Waals surface area contributed by atoms with Crippen molar-refractivity contribution in [2.24, 2.45) is 5.92 Å². The summed E-state index contributed by atoms with van der Waals surface area (Å²) in [7, 11) is 0. The third-order valence-electron chi connectivity index (χ3n) is 4.58. The fourth-order valence-corrected chi connectivity index (χ4v) is 3.28. The number of fused-ring (bicyclic) bond motifs is 1. The van der Waals surface area contributed by atoms with Gasteiger partial charge < -0.3 is 0 Å². The fraction of sp³-hybridized carbons (Fsp3) is 0.190. The van der Waals surface area contributed by atoms with Crippen LogP contribution < -0.4 is 0 Å². The van der Waals surface area contributed by atoms with Gasteiger partial charge in [-0.1, -0.05) is 60.7 Å². The van der Waals surface area contributed by atoms with Crippen LogP contribution in [0.5, 0.6) is 0 Å². The van der Waals surface area contributed by atoms with Gasteiger partial charge in [-0.25, -0.2) is 0 Å². The molecule has 2 aliphatic carbocycles. The molecule has 1 nitrogen and oxygen atoms in total. The summed E-state index contributed by atoms with van der Waals surface area (Å²) < 4.78 is 0. The van der Waals surface area contributed by atoms with Gasteiger partial charge in [-0.15, -0.1) is 0 Å². The van der Waals surface area contributed by atoms with E-state index in [0.29, 0.717) is 11.8 Å². The Morgan fingerprint density at radius 3 is 2.73 bits per heavy atom. The Balaban J connectivity index is 1.55. The molecule has 0 spiro atoms. The van der Waals surface area contributed by atoms with Gasteiger partial charge in [0.2, 0.25) is 0 Å². The van der Waals surface area contributed by atoms with Gasteiger partial charge in [-0.3, -0.25) is 4.98 Å². The van der Waals surface area contributed by atoms with Crippen molar-refractivity contribution in [3.8, 4) is 0 Å². The molecule has 0 radical (unpaired) electrons. The molecule has 0 N–H and O–H groups in total. The zero-order chi connectivity index (χ0) is 14.8. The van der Waals surface area contributed by atoms with E-state index in [2.05, 4.69) is 71.8 Å². The zero-order valence-electron chi connectivity index (χ0n) is 12.5. The molecule has 0 bridgehead atoms. The van der Waals surface area contributed by atoms with Crippen LogP contribution >= 0.6 is 0 Å². The Kier molecular flexibility index (Phi) is 3.48. The lowest BCUT2D eigenvalue weighted by Gasteiger charge is -2.21. The van der Waals surface area contributed by atoms with Crippen LogP contribution in [-0.4, -0.2) is 4.98 Å². The van der Waals surface area contributed by atoms with Crippen LogP contribution in [0.15, 0.2) is 84.6 Å². The topological polar surface area (TPSA) is 12.9 Å². The van der Waals surface area contributed by atoms with Crippen molar-refractivity contribution in [3.05, 3.63) is 90.2 Å². The van der Waals surface area contributed by atoms with E-state index in [4.69, 9.17) is 0 Å². The van der Waals surface area contributed by atoms with Crippen molar-refractivity contribution in [3.63, 3.8) is 0 Å². The molecule has 108 valence electrons. The SMILES string of the molecule is C1=CCC(C2=CCC(c3cnc4ccccc4c3)C=C2)C=C1. The summed E-state index contributed by atoms with van der Waals surface area (Å²) in [5, 5.41) is 1.23. The lowest BCUT2D eigenvalue weighted by molar-refractivity contribution is 0.750. The van der Waals surface area contributed by atoms with Gasteiger partial charge in [-0.2, -0.15) is 0 Å². The normalized spacial score (nSPS) is 23.7. The molecule has 2 atom stereocenters. The highest BCUT2D eigenvalue weighted by Crippen LogP contribution is 2.32. The Morgan fingerprint density at radius 2 is 1.91 bits per heavy atom. The van der Waals surface area contributed by atoms with Crippen molar-refractivity contribution in [1.82, 2.24) is 4.98 Å². The number of hydrogen-bond donors (Lipinski definition) is 0. The highest BCUT2D eigenvalue weighted by atomic mass is 14.6. The van der Waals surface area contributed by atoms with Crippen molar-refractivity contribution >= 4 is 10.9 Å². The van der Waals surface area contributed by atoms with Crippen molar-refractivity contribution in [2.75, 3.05) is 0 Å². The lowest BCUT2D eigenvalue weighted by Crippen LogP contribution is -2.06. The van der Waals surface area contributed by atoms with Crippen molar-refractivity contribution in [2.45, 2.75) is 18.8 Å². The predicted octanol–water partition coefficient (Wildman–Crippen LogP) is 5.34. The van der Waals surface area contributed by atoms with E-state index >= 15 is 0 Å². The summed E-state index contributed by atoms with van der Waals surface area (Å²) in [5.74, 6) is 1.00. The Labute approximate surface area is 131 Å². The van der Waals surface area contributed by atoms with E-state index in [-0.39, 0.29) is 0 Å². The Hall–Kier alpha value is -2.41. The first-order chi connectivity index (χ1) is 10.9. The van der Waals surface area contributed by atoms with Crippen LogP contribution in [0.3, 0.4) is 0 Å². The van der Waals surface area contributed by atoms with Gasteiger partial charge in [0.25, 0.3) is 0 Å². The molecule has 0 amide bonds. The first kappa shape index (κ1) is 13.3. The second-order valence-electron chi connectivity index (χ2n) is 6.02. The number of allylic oxidation sites excluding steroid dienone is 8. The van der Waals surface area contributed by atoms with E-state index in [1.165, 1.54) is 16.5 Å². The number of hydrogen-bond acceptors (Lipinski definition) is 1. The minimum absolute atomic E-state index is 0.448. The third-order valence-corrected chi connectivity index (χ3v) is 4.58. The number of para-hydroxylation sites is 1. The van der Waals surface area contributed by atoms with Crippen LogP contribution in [0.4, 0.5) is 0 Å². The van der Waals surface area contributed by atoms with Crippen LogP contribution in [0.25, 0.3) is 10.9 Å². The zero-order valence-corrected chi connectivity index (χ0v) is 12.5. The second-order valence-corrected chi connectivity index (χ2v) is 6.02. The lowest BCUT2D eigenvalue weighted by atomic mass is 9.84. The van der Waals surface area contributed by atoms with Gasteiger partial charge >= 0.3 is 0 Å². The molecule has 2 aliphatic rings. The van der Waals surface area contributed by atoms with Gasteiger partial charge in [0.05, 0.1) is 5.52 Å². The highest BCUT2D eigenvalue weighted by molar-refractivity contribution is 5.78.